The molecule has 0 radical (unpaired) electrons. The molecule has 260 valence electrons. The maximum absolute atomic E-state index is 11.8. The van der Waals surface area contributed by atoms with E-state index in [1.165, 1.54) is 14.7 Å². The number of nitrogens with zero attached hydrogens (tertiary/aromatic N) is 2. The number of hydrogen-bond donors (Lipinski definition) is 0. The van der Waals surface area contributed by atoms with Crippen molar-refractivity contribution in [3.63, 3.8) is 0 Å². The third-order valence-corrected chi connectivity index (χ3v) is 9.67. The Morgan fingerprint density at radius 1 is 0.608 bits per heavy atom. The largest absolute Gasteiger partial charge is 0.464 e. The zero-order valence-electron chi connectivity index (χ0n) is 28.6. The molecule has 9 heteroatoms. The number of aryl methyl sites for hydroxylation is 2. The number of terminal acetylenes is 1. The maximum Gasteiger partial charge on any atom is 0.326 e. The fourth-order valence-corrected chi connectivity index (χ4v) is 6.37. The summed E-state index contributed by atoms with van der Waals surface area (Å²) in [4.78, 5) is 34.6. The van der Waals surface area contributed by atoms with Gasteiger partial charge < -0.3 is 9.47 Å². The predicted octanol–water partition coefficient (Wildman–Crippen LogP) is 6.24. The molecule has 0 spiro atoms. The summed E-state index contributed by atoms with van der Waals surface area (Å²) in [6.45, 7) is 7.40. The normalized spacial score (nSPS) is 21.8. The minimum Gasteiger partial charge on any atom is -0.464 e. The Hall–Kier alpha value is -4.49. The number of esters is 2. The molecule has 0 bridgehead atoms. The lowest BCUT2D eigenvalue weighted by molar-refractivity contribution is -0.171. The van der Waals surface area contributed by atoms with Crippen molar-refractivity contribution in [3.05, 3.63) is 140 Å². The van der Waals surface area contributed by atoms with E-state index < -0.39 is 0 Å². The minimum absolute atomic E-state index is 0.155. The van der Waals surface area contributed by atoms with Gasteiger partial charge in [0.1, 0.15) is 12.1 Å². The SMILES string of the molecule is C#Cc1ccc(C)cc1.Cc1ccc(C#Cc2ccc(CN3OCC4COC(=O)C43)cc2)cc1.O=C1OCC2CON(Cc3ccc(I)cc3)C12. The summed E-state index contributed by atoms with van der Waals surface area (Å²) in [5.41, 5.74) is 7.62. The molecule has 4 heterocycles. The molecule has 4 saturated heterocycles. The van der Waals surface area contributed by atoms with Crippen LogP contribution in [0, 0.1) is 53.4 Å². The summed E-state index contributed by atoms with van der Waals surface area (Å²) in [7, 11) is 0. The first-order chi connectivity index (χ1) is 24.7. The zero-order valence-corrected chi connectivity index (χ0v) is 30.7. The molecule has 0 N–H and O–H groups in total. The summed E-state index contributed by atoms with van der Waals surface area (Å²) in [6.07, 6.45) is 5.15. The van der Waals surface area contributed by atoms with Gasteiger partial charge in [0.05, 0.1) is 39.5 Å². The molecule has 4 atom stereocenters. The van der Waals surface area contributed by atoms with Crippen LogP contribution in [-0.2, 0) is 41.8 Å². The van der Waals surface area contributed by atoms with Crippen LogP contribution in [0.1, 0.15) is 38.9 Å². The lowest BCUT2D eigenvalue weighted by Gasteiger charge is -2.18. The molecule has 0 amide bonds. The number of rotatable bonds is 4. The number of hydrogen-bond acceptors (Lipinski definition) is 8. The highest BCUT2D eigenvalue weighted by Crippen LogP contribution is 2.30. The van der Waals surface area contributed by atoms with Crippen molar-refractivity contribution in [1.82, 2.24) is 10.1 Å². The highest BCUT2D eigenvalue weighted by atomic mass is 127. The summed E-state index contributed by atoms with van der Waals surface area (Å²) >= 11 is 2.27. The second kappa shape index (κ2) is 17.1. The summed E-state index contributed by atoms with van der Waals surface area (Å²) < 4.78 is 11.4. The molecule has 0 aliphatic carbocycles. The van der Waals surface area contributed by atoms with Crippen LogP contribution < -0.4 is 0 Å². The van der Waals surface area contributed by atoms with Crippen molar-refractivity contribution < 1.29 is 28.7 Å². The molecular weight excluding hydrogens is 755 g/mol. The summed E-state index contributed by atoms with van der Waals surface area (Å²) in [5, 5.41) is 3.50. The molecule has 4 aliphatic rings. The van der Waals surface area contributed by atoms with E-state index in [0.29, 0.717) is 39.5 Å². The van der Waals surface area contributed by atoms with Gasteiger partial charge in [-0.05, 0) is 96.1 Å². The topological polar surface area (TPSA) is 77.5 Å². The van der Waals surface area contributed by atoms with Crippen LogP contribution in [0.15, 0.2) is 97.1 Å². The smallest absolute Gasteiger partial charge is 0.326 e. The van der Waals surface area contributed by atoms with Crippen LogP contribution in [0.3, 0.4) is 0 Å². The molecule has 0 saturated carbocycles. The molecular formula is C42H39IN2O6. The summed E-state index contributed by atoms with van der Waals surface area (Å²) in [6, 6.07) is 31.8. The molecule has 4 fully saturated rings. The number of benzene rings is 4. The Morgan fingerprint density at radius 3 is 1.43 bits per heavy atom. The first-order valence-electron chi connectivity index (χ1n) is 16.8. The Balaban J connectivity index is 0.000000148. The van der Waals surface area contributed by atoms with Crippen LogP contribution in [0.25, 0.3) is 0 Å². The van der Waals surface area contributed by atoms with E-state index >= 15 is 0 Å². The van der Waals surface area contributed by atoms with Gasteiger partial charge in [-0.25, -0.2) is 0 Å². The van der Waals surface area contributed by atoms with E-state index in [4.69, 9.17) is 25.6 Å². The Kier molecular flexibility index (Phi) is 12.2. The zero-order chi connectivity index (χ0) is 35.7. The quantitative estimate of drug-likeness (QED) is 0.137. The van der Waals surface area contributed by atoms with Gasteiger partial charge in [0.25, 0.3) is 0 Å². The molecule has 4 aromatic rings. The van der Waals surface area contributed by atoms with E-state index in [2.05, 4.69) is 83.7 Å². The number of carbonyl (C=O) groups excluding carboxylic acids is 2. The van der Waals surface area contributed by atoms with E-state index in [1.54, 1.807) is 10.1 Å². The minimum atomic E-state index is -0.263. The molecule has 4 aromatic carbocycles. The second-order valence-electron chi connectivity index (χ2n) is 12.9. The number of halogens is 1. The van der Waals surface area contributed by atoms with Gasteiger partial charge in [-0.2, -0.15) is 10.1 Å². The van der Waals surface area contributed by atoms with Crippen molar-refractivity contribution >= 4 is 34.5 Å². The van der Waals surface area contributed by atoms with Crippen LogP contribution in [-0.4, -0.2) is 60.6 Å². The molecule has 51 heavy (non-hydrogen) atoms. The highest BCUT2D eigenvalue weighted by molar-refractivity contribution is 14.1. The van der Waals surface area contributed by atoms with Crippen molar-refractivity contribution in [3.8, 4) is 24.2 Å². The Bertz CT molecular complexity index is 1910. The van der Waals surface area contributed by atoms with Gasteiger partial charge in [0.2, 0.25) is 0 Å². The average Bonchev–Trinajstić information content (AvgIpc) is 3.93. The monoisotopic (exact) mass is 794 g/mol. The summed E-state index contributed by atoms with van der Waals surface area (Å²) in [5.74, 6) is 8.93. The first-order valence-corrected chi connectivity index (χ1v) is 17.9. The molecule has 4 aliphatic heterocycles. The second-order valence-corrected chi connectivity index (χ2v) is 14.1. The van der Waals surface area contributed by atoms with Crippen molar-refractivity contribution in [2.75, 3.05) is 26.4 Å². The van der Waals surface area contributed by atoms with E-state index in [1.807, 2.05) is 67.6 Å². The number of carbonyl (C=O) groups is 2. The van der Waals surface area contributed by atoms with Crippen LogP contribution >= 0.6 is 22.6 Å². The maximum atomic E-state index is 11.8. The Labute approximate surface area is 313 Å². The van der Waals surface area contributed by atoms with Gasteiger partial charge >= 0.3 is 11.9 Å². The number of cyclic esters (lactones) is 2. The highest BCUT2D eigenvalue weighted by Gasteiger charge is 2.48. The predicted molar refractivity (Wildman–Crippen MR) is 201 cm³/mol. The van der Waals surface area contributed by atoms with Crippen molar-refractivity contribution in [2.45, 2.75) is 39.0 Å². The fraction of sp³-hybridized carbons (Fsp3) is 0.286. The van der Waals surface area contributed by atoms with Crippen LogP contribution in [0.2, 0.25) is 0 Å². The van der Waals surface area contributed by atoms with Crippen molar-refractivity contribution in [1.29, 1.82) is 0 Å². The van der Waals surface area contributed by atoms with Crippen molar-refractivity contribution in [2.24, 2.45) is 11.8 Å². The molecule has 8 rings (SSSR count). The third-order valence-electron chi connectivity index (χ3n) is 8.95. The van der Waals surface area contributed by atoms with Crippen LogP contribution in [0.4, 0.5) is 0 Å². The number of ether oxygens (including phenoxy) is 2. The number of hydroxylamine groups is 4. The van der Waals surface area contributed by atoms with E-state index in [0.717, 1.165) is 27.8 Å². The van der Waals surface area contributed by atoms with Gasteiger partial charge in [-0.3, -0.25) is 19.3 Å². The van der Waals surface area contributed by atoms with Gasteiger partial charge in [-0.1, -0.05) is 77.4 Å². The van der Waals surface area contributed by atoms with Gasteiger partial charge in [0, 0.05) is 32.1 Å². The van der Waals surface area contributed by atoms with Gasteiger partial charge in [0.15, 0.2) is 0 Å². The van der Waals surface area contributed by atoms with Gasteiger partial charge in [-0.15, -0.1) is 6.42 Å². The molecule has 8 nitrogen and oxygen atoms in total. The Morgan fingerprint density at radius 2 is 1.00 bits per heavy atom. The van der Waals surface area contributed by atoms with E-state index in [-0.39, 0.29) is 35.9 Å². The third kappa shape index (κ3) is 9.65. The first kappa shape index (κ1) is 36.3. The van der Waals surface area contributed by atoms with E-state index in [9.17, 15) is 9.59 Å². The number of fused-ring (bicyclic) bond motifs is 2. The lowest BCUT2D eigenvalue weighted by Crippen LogP contribution is -2.34. The standard InChI is InChI=1S/C21H19NO3.C12H12INO3.C9H8/c1-15-2-4-16(5-3-15)6-7-17-8-10-18(11-9-17)12-22-20-19(14-25-22)13-24-21(20)23;13-10-3-1-8(2-4-10)5-14-11-9(7-17-14)6-16-12(11)15;1-3-9-6-4-8(2)5-7-9/h2-5,8-11,19-20H,12-14H2,1H3;1-4,9,11H,5-7H2;1,4-7H,2H3. The molecule has 0 aromatic heterocycles. The lowest BCUT2D eigenvalue weighted by atomic mass is 10.1. The fourth-order valence-electron chi connectivity index (χ4n) is 6.01. The van der Waals surface area contributed by atoms with Crippen LogP contribution in [0.5, 0.6) is 0 Å². The molecule has 4 unspecified atom stereocenters. The average molecular weight is 795 g/mol.